The Morgan fingerprint density at radius 3 is 2.45 bits per heavy atom. The van der Waals surface area contributed by atoms with Gasteiger partial charge in [-0.05, 0) is 43.7 Å². The first-order chi connectivity index (χ1) is 13.7. The summed E-state index contributed by atoms with van der Waals surface area (Å²) in [4.78, 5) is 24.6. The maximum absolute atomic E-state index is 12.6. The Balaban J connectivity index is 2.25. The first-order valence-electron chi connectivity index (χ1n) is 8.85. The topological polar surface area (TPSA) is 102 Å². The molecule has 9 heteroatoms. The van der Waals surface area contributed by atoms with Crippen molar-refractivity contribution in [3.05, 3.63) is 53.6 Å². The first kappa shape index (κ1) is 22.2. The summed E-state index contributed by atoms with van der Waals surface area (Å²) in [5, 5.41) is 2.66. The summed E-state index contributed by atoms with van der Waals surface area (Å²) < 4.78 is 35.6. The third-order valence-electron chi connectivity index (χ3n) is 4.13. The van der Waals surface area contributed by atoms with Crippen LogP contribution in [0.15, 0.2) is 42.5 Å². The van der Waals surface area contributed by atoms with E-state index in [9.17, 15) is 18.0 Å². The number of methoxy groups -OCH3 is 1. The highest BCUT2D eigenvalue weighted by molar-refractivity contribution is 7.92. The molecule has 0 aliphatic heterocycles. The maximum Gasteiger partial charge on any atom is 0.338 e. The number of hydrogen-bond donors (Lipinski definition) is 1. The fourth-order valence-electron chi connectivity index (χ4n) is 2.69. The van der Waals surface area contributed by atoms with Crippen LogP contribution in [0.2, 0.25) is 0 Å². The molecule has 0 heterocycles. The average Bonchev–Trinajstić information content (AvgIpc) is 2.67. The average molecular weight is 420 g/mol. The van der Waals surface area contributed by atoms with Gasteiger partial charge in [0.2, 0.25) is 15.9 Å². The zero-order chi connectivity index (χ0) is 21.6. The van der Waals surface area contributed by atoms with Gasteiger partial charge in [-0.25, -0.2) is 13.2 Å². The number of nitrogens with one attached hydrogen (secondary N) is 1. The normalized spacial score (nSPS) is 10.9. The van der Waals surface area contributed by atoms with E-state index in [2.05, 4.69) is 5.32 Å². The highest BCUT2D eigenvalue weighted by Gasteiger charge is 2.22. The molecule has 1 N–H and O–H groups in total. The standard InChI is InChI=1S/C20H24N2O6S/c1-5-28-20(24)17-10-7-11-18(14(17)2)21-19(23)13-22(29(4,25)26)15-8-6-9-16(12-15)27-3/h6-12H,5,13H2,1-4H3,(H,21,23). The second-order valence-electron chi connectivity index (χ2n) is 6.22. The lowest BCUT2D eigenvalue weighted by atomic mass is 10.1. The molecule has 0 radical (unpaired) electrons. The monoisotopic (exact) mass is 420 g/mol. The number of carbonyl (C=O) groups excluding carboxylic acids is 2. The van der Waals surface area contributed by atoms with Gasteiger partial charge in [0.1, 0.15) is 12.3 Å². The number of anilines is 2. The Morgan fingerprint density at radius 1 is 1.14 bits per heavy atom. The van der Waals surface area contributed by atoms with E-state index in [-0.39, 0.29) is 6.61 Å². The van der Waals surface area contributed by atoms with E-state index in [1.807, 2.05) is 0 Å². The molecule has 0 aliphatic carbocycles. The largest absolute Gasteiger partial charge is 0.497 e. The second kappa shape index (κ2) is 9.42. The molecule has 0 unspecified atom stereocenters. The van der Waals surface area contributed by atoms with Gasteiger partial charge in [0.15, 0.2) is 0 Å². The van der Waals surface area contributed by atoms with Crippen molar-refractivity contribution in [2.75, 3.05) is 36.1 Å². The van der Waals surface area contributed by atoms with Crippen LogP contribution in [0.1, 0.15) is 22.8 Å². The van der Waals surface area contributed by atoms with Gasteiger partial charge < -0.3 is 14.8 Å². The number of nitrogens with zero attached hydrogens (tertiary/aromatic N) is 1. The fraction of sp³-hybridized carbons (Fsp3) is 0.300. The SMILES string of the molecule is CCOC(=O)c1cccc(NC(=O)CN(c2cccc(OC)c2)S(C)(=O)=O)c1C. The van der Waals surface area contributed by atoms with Crippen molar-refractivity contribution in [2.45, 2.75) is 13.8 Å². The molecule has 2 aromatic rings. The first-order valence-corrected chi connectivity index (χ1v) is 10.7. The van der Waals surface area contributed by atoms with Crippen molar-refractivity contribution in [1.82, 2.24) is 0 Å². The van der Waals surface area contributed by atoms with Crippen molar-refractivity contribution >= 4 is 33.3 Å². The lowest BCUT2D eigenvalue weighted by Crippen LogP contribution is -2.37. The summed E-state index contributed by atoms with van der Waals surface area (Å²) in [5.74, 6) is -0.577. The number of sulfonamides is 1. The van der Waals surface area contributed by atoms with E-state index in [4.69, 9.17) is 9.47 Å². The molecule has 0 aromatic heterocycles. The number of carbonyl (C=O) groups is 2. The molecular formula is C20H24N2O6S. The lowest BCUT2D eigenvalue weighted by molar-refractivity contribution is -0.114. The van der Waals surface area contributed by atoms with Crippen LogP contribution in [0.5, 0.6) is 5.75 Å². The van der Waals surface area contributed by atoms with Gasteiger partial charge in [-0.15, -0.1) is 0 Å². The number of benzene rings is 2. The summed E-state index contributed by atoms with van der Waals surface area (Å²) in [5.41, 5.74) is 1.57. The Bertz CT molecular complexity index is 1000. The van der Waals surface area contributed by atoms with Gasteiger partial charge >= 0.3 is 5.97 Å². The van der Waals surface area contributed by atoms with E-state index in [1.165, 1.54) is 13.2 Å². The maximum atomic E-state index is 12.6. The van der Waals surface area contributed by atoms with Crippen LogP contribution in [-0.2, 0) is 19.6 Å². The molecular weight excluding hydrogens is 396 g/mol. The number of rotatable bonds is 8. The fourth-order valence-corrected chi connectivity index (χ4v) is 3.54. The predicted octanol–water partition coefficient (Wildman–Crippen LogP) is 2.59. The minimum absolute atomic E-state index is 0.235. The van der Waals surface area contributed by atoms with E-state index in [0.29, 0.717) is 28.3 Å². The number of hydrogen-bond acceptors (Lipinski definition) is 6. The molecule has 2 rings (SSSR count). The van der Waals surface area contributed by atoms with Crippen molar-refractivity contribution < 1.29 is 27.5 Å². The van der Waals surface area contributed by atoms with Gasteiger partial charge in [0.25, 0.3) is 0 Å². The molecule has 8 nitrogen and oxygen atoms in total. The molecule has 0 spiro atoms. The Kier molecular flexibility index (Phi) is 7.22. The zero-order valence-electron chi connectivity index (χ0n) is 16.8. The number of esters is 1. The van der Waals surface area contributed by atoms with E-state index in [1.54, 1.807) is 50.2 Å². The Labute approximate surface area is 170 Å². The predicted molar refractivity (Wildman–Crippen MR) is 111 cm³/mol. The second-order valence-corrected chi connectivity index (χ2v) is 8.12. The Hall–Kier alpha value is -3.07. The number of ether oxygens (including phenoxy) is 2. The lowest BCUT2D eigenvalue weighted by Gasteiger charge is -2.22. The quantitative estimate of drug-likeness (QED) is 0.659. The van der Waals surface area contributed by atoms with Gasteiger partial charge in [0.05, 0.1) is 31.2 Å². The van der Waals surface area contributed by atoms with Gasteiger partial charge in [-0.1, -0.05) is 12.1 Å². The molecule has 0 atom stereocenters. The van der Waals surface area contributed by atoms with Crippen LogP contribution in [-0.4, -0.2) is 46.8 Å². The molecule has 29 heavy (non-hydrogen) atoms. The molecule has 2 aromatic carbocycles. The van der Waals surface area contributed by atoms with Crippen molar-refractivity contribution in [1.29, 1.82) is 0 Å². The van der Waals surface area contributed by atoms with Crippen molar-refractivity contribution in [3.63, 3.8) is 0 Å². The molecule has 0 saturated heterocycles. The van der Waals surface area contributed by atoms with Crippen LogP contribution >= 0.6 is 0 Å². The van der Waals surface area contributed by atoms with Crippen molar-refractivity contribution in [3.8, 4) is 5.75 Å². The van der Waals surface area contributed by atoms with Crippen LogP contribution in [0, 0.1) is 6.92 Å². The highest BCUT2D eigenvalue weighted by Crippen LogP contribution is 2.24. The minimum Gasteiger partial charge on any atom is -0.497 e. The summed E-state index contributed by atoms with van der Waals surface area (Å²) in [6, 6.07) is 11.3. The van der Waals surface area contributed by atoms with Gasteiger partial charge in [-0.3, -0.25) is 9.10 Å². The molecule has 0 aliphatic rings. The van der Waals surface area contributed by atoms with Crippen LogP contribution < -0.4 is 14.4 Å². The van der Waals surface area contributed by atoms with E-state index < -0.39 is 28.4 Å². The van der Waals surface area contributed by atoms with Gasteiger partial charge in [0, 0.05) is 11.8 Å². The van der Waals surface area contributed by atoms with E-state index in [0.717, 1.165) is 10.6 Å². The molecule has 156 valence electrons. The van der Waals surface area contributed by atoms with Crippen LogP contribution in [0.3, 0.4) is 0 Å². The van der Waals surface area contributed by atoms with Crippen LogP contribution in [0.4, 0.5) is 11.4 Å². The summed E-state index contributed by atoms with van der Waals surface area (Å²) in [7, 11) is -2.26. The smallest absolute Gasteiger partial charge is 0.338 e. The van der Waals surface area contributed by atoms with Gasteiger partial charge in [-0.2, -0.15) is 0 Å². The third kappa shape index (κ3) is 5.71. The highest BCUT2D eigenvalue weighted by atomic mass is 32.2. The summed E-state index contributed by atoms with van der Waals surface area (Å²) in [6.45, 7) is 3.18. The number of amides is 1. The zero-order valence-corrected chi connectivity index (χ0v) is 17.6. The summed E-state index contributed by atoms with van der Waals surface area (Å²) in [6.07, 6.45) is 1.02. The Morgan fingerprint density at radius 2 is 1.83 bits per heavy atom. The molecule has 1 amide bonds. The molecule has 0 saturated carbocycles. The van der Waals surface area contributed by atoms with Crippen LogP contribution in [0.25, 0.3) is 0 Å². The molecule has 0 bridgehead atoms. The third-order valence-corrected chi connectivity index (χ3v) is 5.27. The molecule has 0 fully saturated rings. The van der Waals surface area contributed by atoms with E-state index >= 15 is 0 Å². The minimum atomic E-state index is -3.73. The van der Waals surface area contributed by atoms with Crippen molar-refractivity contribution in [2.24, 2.45) is 0 Å². The summed E-state index contributed by atoms with van der Waals surface area (Å²) >= 11 is 0.